The van der Waals surface area contributed by atoms with Gasteiger partial charge in [-0.1, -0.05) is 24.3 Å². The monoisotopic (exact) mass is 379 g/mol. The van der Waals surface area contributed by atoms with Gasteiger partial charge in [-0.05, 0) is 56.2 Å². The highest BCUT2D eigenvalue weighted by atomic mass is 32.2. The number of benzene rings is 1. The molecule has 1 fully saturated rings. The standard InChI is InChI=1S/C19H25NO5S/c1-14(25-13-17-8-4-5-11-24-17)19(21)20-26(22,23)18-10-9-15-6-2-3-7-16(15)12-18/h2-3,6-7,12,14,17H,4-5,8-11,13H2,1H3,(H,20,21)/t14-,17-/m0/s1. The Hall–Kier alpha value is -1.70. The molecule has 0 unspecified atom stereocenters. The average molecular weight is 379 g/mol. The van der Waals surface area contributed by atoms with Crippen molar-refractivity contribution in [3.63, 3.8) is 0 Å². The van der Waals surface area contributed by atoms with E-state index in [2.05, 4.69) is 4.72 Å². The van der Waals surface area contributed by atoms with E-state index in [9.17, 15) is 13.2 Å². The molecule has 6 nitrogen and oxygen atoms in total. The van der Waals surface area contributed by atoms with Crippen LogP contribution in [0.2, 0.25) is 0 Å². The van der Waals surface area contributed by atoms with Crippen molar-refractivity contribution in [3.8, 4) is 0 Å². The number of hydrogen-bond donors (Lipinski definition) is 1. The Morgan fingerprint density at radius 2 is 2.12 bits per heavy atom. The second-order valence-electron chi connectivity index (χ2n) is 6.74. The third kappa shape index (κ3) is 4.72. The maximum Gasteiger partial charge on any atom is 0.262 e. The summed E-state index contributed by atoms with van der Waals surface area (Å²) in [6.45, 7) is 2.56. The molecule has 1 saturated heterocycles. The molecule has 1 aromatic carbocycles. The predicted molar refractivity (Wildman–Crippen MR) is 98.8 cm³/mol. The van der Waals surface area contributed by atoms with Crippen LogP contribution in [-0.2, 0) is 30.7 Å². The molecule has 1 aromatic rings. The first-order valence-corrected chi connectivity index (χ1v) is 10.5. The highest BCUT2D eigenvalue weighted by Gasteiger charge is 2.27. The highest BCUT2D eigenvalue weighted by Crippen LogP contribution is 2.26. The van der Waals surface area contributed by atoms with Crippen molar-refractivity contribution in [2.75, 3.05) is 13.2 Å². The van der Waals surface area contributed by atoms with Crippen LogP contribution in [0.15, 0.2) is 29.2 Å². The van der Waals surface area contributed by atoms with E-state index in [0.717, 1.165) is 30.4 Å². The number of amides is 1. The molecule has 1 N–H and O–H groups in total. The van der Waals surface area contributed by atoms with E-state index in [1.807, 2.05) is 24.3 Å². The summed E-state index contributed by atoms with van der Waals surface area (Å²) in [6, 6.07) is 7.66. The molecular formula is C19H25NO5S. The maximum absolute atomic E-state index is 12.5. The van der Waals surface area contributed by atoms with Crippen molar-refractivity contribution in [2.24, 2.45) is 0 Å². The number of nitrogens with one attached hydrogen (secondary N) is 1. The number of sulfonamides is 1. The number of carbonyl (C=O) groups excluding carboxylic acids is 1. The largest absolute Gasteiger partial charge is 0.376 e. The van der Waals surface area contributed by atoms with E-state index >= 15 is 0 Å². The van der Waals surface area contributed by atoms with Gasteiger partial charge < -0.3 is 9.47 Å². The first kappa shape index (κ1) is 19.1. The van der Waals surface area contributed by atoms with Crippen LogP contribution >= 0.6 is 0 Å². The fraction of sp³-hybridized carbons (Fsp3) is 0.526. The quantitative estimate of drug-likeness (QED) is 0.821. The first-order chi connectivity index (χ1) is 12.5. The Morgan fingerprint density at radius 3 is 2.88 bits per heavy atom. The molecule has 7 heteroatoms. The molecule has 1 heterocycles. The fourth-order valence-electron chi connectivity index (χ4n) is 3.17. The van der Waals surface area contributed by atoms with Crippen molar-refractivity contribution in [3.05, 3.63) is 40.3 Å². The zero-order valence-corrected chi connectivity index (χ0v) is 15.8. The highest BCUT2D eigenvalue weighted by molar-refractivity contribution is 7.94. The Balaban J connectivity index is 1.58. The summed E-state index contributed by atoms with van der Waals surface area (Å²) in [5, 5.41) is 0. The van der Waals surface area contributed by atoms with Crippen LogP contribution in [-0.4, -0.2) is 39.7 Å². The lowest BCUT2D eigenvalue weighted by Crippen LogP contribution is -2.40. The minimum Gasteiger partial charge on any atom is -0.376 e. The van der Waals surface area contributed by atoms with Crippen molar-refractivity contribution < 1.29 is 22.7 Å². The van der Waals surface area contributed by atoms with Gasteiger partial charge >= 0.3 is 0 Å². The SMILES string of the molecule is C[C@H](OC[C@@H]1CCCCO1)C(=O)NS(=O)(=O)C1=Cc2ccccc2CC1. The lowest BCUT2D eigenvalue weighted by Gasteiger charge is -2.24. The van der Waals surface area contributed by atoms with Crippen LogP contribution in [0.25, 0.3) is 6.08 Å². The third-order valence-corrected chi connectivity index (χ3v) is 6.25. The third-order valence-electron chi connectivity index (χ3n) is 4.77. The van der Waals surface area contributed by atoms with E-state index in [1.54, 1.807) is 13.0 Å². The molecule has 3 rings (SSSR count). The molecule has 0 radical (unpaired) electrons. The number of rotatable bonds is 6. The number of allylic oxidation sites excluding steroid dienone is 1. The molecule has 0 aromatic heterocycles. The minimum atomic E-state index is -3.86. The molecule has 1 aliphatic heterocycles. The number of aryl methyl sites for hydroxylation is 1. The zero-order valence-electron chi connectivity index (χ0n) is 14.9. The molecule has 1 aliphatic carbocycles. The number of ether oxygens (including phenoxy) is 2. The minimum absolute atomic E-state index is 0.0202. The Bertz CT molecular complexity index is 781. The molecule has 2 aliphatic rings. The van der Waals surface area contributed by atoms with E-state index in [1.165, 1.54) is 0 Å². The molecule has 142 valence electrons. The average Bonchev–Trinajstić information content (AvgIpc) is 2.66. The summed E-state index contributed by atoms with van der Waals surface area (Å²) in [5.74, 6) is -0.652. The van der Waals surface area contributed by atoms with Crippen molar-refractivity contribution >= 4 is 22.0 Å². The zero-order chi connectivity index (χ0) is 18.6. The predicted octanol–water partition coefficient (Wildman–Crippen LogP) is 2.39. The van der Waals surface area contributed by atoms with Crippen LogP contribution < -0.4 is 4.72 Å². The summed E-state index contributed by atoms with van der Waals surface area (Å²) in [6.07, 6.45) is 4.81. The number of carbonyl (C=O) groups is 1. The molecule has 0 saturated carbocycles. The Labute approximate surface area is 154 Å². The van der Waals surface area contributed by atoms with Crippen molar-refractivity contribution in [2.45, 2.75) is 51.2 Å². The smallest absolute Gasteiger partial charge is 0.262 e. The van der Waals surface area contributed by atoms with Gasteiger partial charge in [-0.15, -0.1) is 0 Å². The summed E-state index contributed by atoms with van der Waals surface area (Å²) in [5.41, 5.74) is 1.99. The molecule has 1 amide bonds. The lowest BCUT2D eigenvalue weighted by molar-refractivity contribution is -0.133. The van der Waals surface area contributed by atoms with E-state index in [4.69, 9.17) is 9.47 Å². The summed E-state index contributed by atoms with van der Waals surface area (Å²) >= 11 is 0. The fourth-order valence-corrected chi connectivity index (χ4v) is 4.38. The van der Waals surface area contributed by atoms with E-state index in [-0.39, 0.29) is 11.0 Å². The summed E-state index contributed by atoms with van der Waals surface area (Å²) < 4.78 is 38.3. The topological polar surface area (TPSA) is 81.7 Å². The normalized spacial score (nSPS) is 21.4. The summed E-state index contributed by atoms with van der Waals surface area (Å²) in [4.78, 5) is 12.5. The summed E-state index contributed by atoms with van der Waals surface area (Å²) in [7, 11) is -3.86. The van der Waals surface area contributed by atoms with Crippen LogP contribution in [0.1, 0.15) is 43.7 Å². The van der Waals surface area contributed by atoms with Gasteiger partial charge in [0.05, 0.1) is 17.6 Å². The second kappa shape index (κ2) is 8.33. The Morgan fingerprint density at radius 1 is 1.31 bits per heavy atom. The van der Waals surface area contributed by atoms with Gasteiger partial charge in [0.25, 0.3) is 15.9 Å². The number of hydrogen-bond acceptors (Lipinski definition) is 5. The van der Waals surface area contributed by atoms with Crippen LogP contribution in [0.5, 0.6) is 0 Å². The molecule has 0 spiro atoms. The number of fused-ring (bicyclic) bond motifs is 1. The molecule has 26 heavy (non-hydrogen) atoms. The van der Waals surface area contributed by atoms with Gasteiger partial charge in [0.1, 0.15) is 6.10 Å². The van der Waals surface area contributed by atoms with E-state index < -0.39 is 22.0 Å². The van der Waals surface area contributed by atoms with E-state index in [0.29, 0.717) is 26.1 Å². The molecular weight excluding hydrogens is 354 g/mol. The maximum atomic E-state index is 12.5. The van der Waals surface area contributed by atoms with Crippen molar-refractivity contribution in [1.29, 1.82) is 0 Å². The van der Waals surface area contributed by atoms with Crippen LogP contribution in [0, 0.1) is 0 Å². The van der Waals surface area contributed by atoms with Gasteiger partial charge in [-0.2, -0.15) is 0 Å². The molecule has 2 atom stereocenters. The van der Waals surface area contributed by atoms with Gasteiger partial charge in [0.2, 0.25) is 0 Å². The first-order valence-electron chi connectivity index (χ1n) is 9.04. The van der Waals surface area contributed by atoms with Gasteiger partial charge in [0.15, 0.2) is 0 Å². The van der Waals surface area contributed by atoms with Gasteiger partial charge in [-0.3, -0.25) is 4.79 Å². The van der Waals surface area contributed by atoms with Gasteiger partial charge in [0, 0.05) is 6.61 Å². The molecule has 0 bridgehead atoms. The van der Waals surface area contributed by atoms with Crippen LogP contribution in [0.4, 0.5) is 0 Å². The Kier molecular flexibility index (Phi) is 6.11. The van der Waals surface area contributed by atoms with Crippen LogP contribution in [0.3, 0.4) is 0 Å². The van der Waals surface area contributed by atoms with Crippen molar-refractivity contribution in [1.82, 2.24) is 4.72 Å². The van der Waals surface area contributed by atoms with Gasteiger partial charge in [-0.25, -0.2) is 13.1 Å². The lowest BCUT2D eigenvalue weighted by atomic mass is 9.98. The second-order valence-corrected chi connectivity index (χ2v) is 8.48.